The average molecular weight is 260 g/mol. The lowest BCUT2D eigenvalue weighted by atomic mass is 10.00. The second kappa shape index (κ2) is 6.20. The molecule has 3 heteroatoms. The van der Waals surface area contributed by atoms with Crippen LogP contribution >= 0.6 is 0 Å². The van der Waals surface area contributed by atoms with Crippen LogP contribution in [-0.2, 0) is 4.79 Å². The Kier molecular flexibility index (Phi) is 4.59. The first-order valence-corrected chi connectivity index (χ1v) is 7.14. The first kappa shape index (κ1) is 14.1. The summed E-state index contributed by atoms with van der Waals surface area (Å²) in [7, 11) is 1.97. The maximum absolute atomic E-state index is 11.9. The third-order valence-electron chi connectivity index (χ3n) is 4.11. The number of likely N-dealkylation sites (N-methyl/N-ethyl adjacent to an activating group) is 1. The zero-order valence-electron chi connectivity index (χ0n) is 12.2. The van der Waals surface area contributed by atoms with Gasteiger partial charge in [-0.05, 0) is 50.4 Å². The van der Waals surface area contributed by atoms with Crippen molar-refractivity contribution in [1.29, 1.82) is 0 Å². The van der Waals surface area contributed by atoms with E-state index in [0.29, 0.717) is 12.3 Å². The summed E-state index contributed by atoms with van der Waals surface area (Å²) < 4.78 is 0. The second-order valence-electron chi connectivity index (χ2n) is 5.48. The fourth-order valence-electron chi connectivity index (χ4n) is 2.62. The lowest BCUT2D eigenvalue weighted by Gasteiger charge is -2.31. The van der Waals surface area contributed by atoms with Crippen LogP contribution in [0.2, 0.25) is 0 Å². The number of piperidine rings is 1. The van der Waals surface area contributed by atoms with Crippen LogP contribution in [0.1, 0.15) is 42.0 Å². The quantitative estimate of drug-likeness (QED) is 0.902. The van der Waals surface area contributed by atoms with Crippen LogP contribution in [0.15, 0.2) is 18.2 Å². The number of hydrogen-bond acceptors (Lipinski definition) is 2. The molecule has 1 aromatic carbocycles. The van der Waals surface area contributed by atoms with Gasteiger partial charge in [-0.15, -0.1) is 0 Å². The van der Waals surface area contributed by atoms with E-state index in [0.717, 1.165) is 25.9 Å². The van der Waals surface area contributed by atoms with Crippen LogP contribution in [0.5, 0.6) is 0 Å². The third kappa shape index (κ3) is 3.35. The minimum absolute atomic E-state index is 0.223. The Morgan fingerprint density at radius 2 is 2.05 bits per heavy atom. The Hall–Kier alpha value is -1.35. The van der Waals surface area contributed by atoms with Gasteiger partial charge in [-0.25, -0.2) is 0 Å². The normalized spacial score (nSPS) is 17.6. The van der Waals surface area contributed by atoms with Gasteiger partial charge in [-0.2, -0.15) is 0 Å². The molecule has 2 rings (SSSR count). The van der Waals surface area contributed by atoms with E-state index in [1.807, 2.05) is 11.9 Å². The molecule has 1 aliphatic rings. The molecule has 3 nitrogen and oxygen atoms in total. The molecule has 0 radical (unpaired) electrons. The summed E-state index contributed by atoms with van der Waals surface area (Å²) in [5, 5.41) is 3.34. The highest BCUT2D eigenvalue weighted by molar-refractivity contribution is 5.76. The van der Waals surface area contributed by atoms with Crippen molar-refractivity contribution in [2.45, 2.75) is 39.2 Å². The van der Waals surface area contributed by atoms with Gasteiger partial charge in [0.2, 0.25) is 5.91 Å². The van der Waals surface area contributed by atoms with E-state index in [9.17, 15) is 4.79 Å². The Morgan fingerprint density at radius 3 is 2.68 bits per heavy atom. The van der Waals surface area contributed by atoms with Crippen LogP contribution in [-0.4, -0.2) is 30.9 Å². The number of carbonyl (C=O) groups is 1. The van der Waals surface area contributed by atoms with Crippen LogP contribution in [0.4, 0.5) is 0 Å². The Balaban J connectivity index is 2.10. The summed E-state index contributed by atoms with van der Waals surface area (Å²) >= 11 is 0. The molecule has 1 unspecified atom stereocenters. The van der Waals surface area contributed by atoms with Gasteiger partial charge in [0.05, 0.1) is 0 Å². The van der Waals surface area contributed by atoms with Crippen molar-refractivity contribution < 1.29 is 4.79 Å². The molecule has 0 saturated carbocycles. The lowest BCUT2D eigenvalue weighted by Crippen LogP contribution is -2.40. The fourth-order valence-corrected chi connectivity index (χ4v) is 2.62. The number of carbonyl (C=O) groups excluding carboxylic acids is 1. The summed E-state index contributed by atoms with van der Waals surface area (Å²) in [6, 6.07) is 6.77. The van der Waals surface area contributed by atoms with Crippen LogP contribution in [0.3, 0.4) is 0 Å². The van der Waals surface area contributed by atoms with Gasteiger partial charge < -0.3 is 10.2 Å². The standard InChI is InChI=1S/C16H24N2O/c1-12-7-8-14(10-13(12)2)15(17-3)11-18-9-5-4-6-16(18)19/h7-8,10,15,17H,4-6,9,11H2,1-3H3. The van der Waals surface area contributed by atoms with Crippen molar-refractivity contribution in [3.63, 3.8) is 0 Å². The monoisotopic (exact) mass is 260 g/mol. The van der Waals surface area contributed by atoms with Gasteiger partial charge in [0.25, 0.3) is 0 Å². The van der Waals surface area contributed by atoms with Gasteiger partial charge in [0.1, 0.15) is 0 Å². The molecule has 1 fully saturated rings. The molecular weight excluding hydrogens is 236 g/mol. The SMILES string of the molecule is CNC(CN1CCCCC1=O)c1ccc(C)c(C)c1. The summed E-state index contributed by atoms with van der Waals surface area (Å²) in [6.45, 7) is 5.94. The van der Waals surface area contributed by atoms with Gasteiger partial charge >= 0.3 is 0 Å². The van der Waals surface area contributed by atoms with Gasteiger partial charge in [0.15, 0.2) is 0 Å². The molecule has 1 amide bonds. The lowest BCUT2D eigenvalue weighted by molar-refractivity contribution is -0.133. The number of aryl methyl sites for hydroxylation is 2. The Morgan fingerprint density at radius 1 is 1.26 bits per heavy atom. The molecule has 1 N–H and O–H groups in total. The van der Waals surface area contributed by atoms with Crippen molar-refractivity contribution in [1.82, 2.24) is 10.2 Å². The number of nitrogens with zero attached hydrogens (tertiary/aromatic N) is 1. The van der Waals surface area contributed by atoms with E-state index in [2.05, 4.69) is 37.4 Å². The predicted octanol–water partition coefficient (Wildman–Crippen LogP) is 2.58. The maximum Gasteiger partial charge on any atom is 0.222 e. The third-order valence-corrected chi connectivity index (χ3v) is 4.11. The first-order chi connectivity index (χ1) is 9.11. The average Bonchev–Trinajstić information content (AvgIpc) is 2.41. The Labute approximate surface area is 116 Å². The van der Waals surface area contributed by atoms with Crippen LogP contribution in [0.25, 0.3) is 0 Å². The molecule has 0 aliphatic carbocycles. The van der Waals surface area contributed by atoms with Gasteiger partial charge in [-0.3, -0.25) is 4.79 Å². The zero-order chi connectivity index (χ0) is 13.8. The molecule has 1 saturated heterocycles. The van der Waals surface area contributed by atoms with E-state index in [-0.39, 0.29) is 6.04 Å². The summed E-state index contributed by atoms with van der Waals surface area (Å²) in [5.74, 6) is 0.301. The van der Waals surface area contributed by atoms with Crippen molar-refractivity contribution in [3.8, 4) is 0 Å². The Bertz CT molecular complexity index is 456. The predicted molar refractivity (Wildman–Crippen MR) is 78.1 cm³/mol. The number of hydrogen-bond donors (Lipinski definition) is 1. The molecule has 1 aliphatic heterocycles. The van der Waals surface area contributed by atoms with Crippen molar-refractivity contribution in [2.75, 3.05) is 20.1 Å². The molecule has 0 aromatic heterocycles. The van der Waals surface area contributed by atoms with Crippen LogP contribution in [0, 0.1) is 13.8 Å². The topological polar surface area (TPSA) is 32.3 Å². The van der Waals surface area contributed by atoms with E-state index in [1.54, 1.807) is 0 Å². The smallest absolute Gasteiger partial charge is 0.222 e. The molecule has 104 valence electrons. The first-order valence-electron chi connectivity index (χ1n) is 7.14. The number of rotatable bonds is 4. The maximum atomic E-state index is 11.9. The zero-order valence-corrected chi connectivity index (χ0v) is 12.2. The highest BCUT2D eigenvalue weighted by Gasteiger charge is 2.21. The van der Waals surface area contributed by atoms with Crippen molar-refractivity contribution >= 4 is 5.91 Å². The van der Waals surface area contributed by atoms with Gasteiger partial charge in [-0.1, -0.05) is 18.2 Å². The minimum atomic E-state index is 0.223. The molecule has 1 aromatic rings. The van der Waals surface area contributed by atoms with E-state index >= 15 is 0 Å². The number of amides is 1. The molecular formula is C16H24N2O. The summed E-state index contributed by atoms with van der Waals surface area (Å²) in [5.41, 5.74) is 3.89. The van der Waals surface area contributed by atoms with Crippen molar-refractivity contribution in [3.05, 3.63) is 34.9 Å². The second-order valence-corrected chi connectivity index (χ2v) is 5.48. The molecule has 19 heavy (non-hydrogen) atoms. The van der Waals surface area contributed by atoms with Crippen LogP contribution < -0.4 is 5.32 Å². The number of likely N-dealkylation sites (tertiary alicyclic amines) is 1. The molecule has 0 bridgehead atoms. The minimum Gasteiger partial charge on any atom is -0.341 e. The van der Waals surface area contributed by atoms with E-state index < -0.39 is 0 Å². The van der Waals surface area contributed by atoms with Crippen molar-refractivity contribution in [2.24, 2.45) is 0 Å². The van der Waals surface area contributed by atoms with E-state index in [1.165, 1.54) is 16.7 Å². The fraction of sp³-hybridized carbons (Fsp3) is 0.562. The highest BCUT2D eigenvalue weighted by atomic mass is 16.2. The summed E-state index contributed by atoms with van der Waals surface area (Å²) in [4.78, 5) is 13.9. The summed E-state index contributed by atoms with van der Waals surface area (Å²) in [6.07, 6.45) is 2.89. The largest absolute Gasteiger partial charge is 0.341 e. The molecule has 0 spiro atoms. The highest BCUT2D eigenvalue weighted by Crippen LogP contribution is 2.20. The number of benzene rings is 1. The molecule has 1 atom stereocenters. The number of nitrogens with one attached hydrogen (secondary N) is 1. The van der Waals surface area contributed by atoms with E-state index in [4.69, 9.17) is 0 Å². The molecule has 1 heterocycles. The van der Waals surface area contributed by atoms with Gasteiger partial charge in [0, 0.05) is 25.6 Å².